The number of hydrogen-bond donors (Lipinski definition) is 0. The van der Waals surface area contributed by atoms with Crippen molar-refractivity contribution < 1.29 is 19.0 Å². The van der Waals surface area contributed by atoms with Gasteiger partial charge in [0.1, 0.15) is 0 Å². The van der Waals surface area contributed by atoms with E-state index in [0.29, 0.717) is 44.9 Å². The van der Waals surface area contributed by atoms with Gasteiger partial charge in [0, 0.05) is 24.1 Å². The number of carbonyl (C=O) groups excluding carboxylic acids is 1. The van der Waals surface area contributed by atoms with Crippen molar-refractivity contribution in [2.45, 2.75) is 18.6 Å². The molecule has 3 heterocycles. The fourth-order valence-electron chi connectivity index (χ4n) is 5.71. The third kappa shape index (κ3) is 2.32. The largest absolute Gasteiger partial charge is 0.379 e. The molecule has 3 fully saturated rings. The first-order chi connectivity index (χ1) is 13.7. The highest BCUT2D eigenvalue weighted by Gasteiger charge is 2.61. The quantitative estimate of drug-likeness (QED) is 0.734. The fourth-order valence-corrected chi connectivity index (χ4v) is 5.71. The highest BCUT2D eigenvalue weighted by molar-refractivity contribution is 6.06. The molecule has 6 nitrogen and oxygen atoms in total. The van der Waals surface area contributed by atoms with Crippen LogP contribution in [0.3, 0.4) is 0 Å². The van der Waals surface area contributed by atoms with Gasteiger partial charge in [-0.15, -0.1) is 0 Å². The van der Waals surface area contributed by atoms with Crippen LogP contribution in [-0.4, -0.2) is 57.0 Å². The Morgan fingerprint density at radius 2 is 1.86 bits per heavy atom. The predicted octanol–water partition coefficient (Wildman–Crippen LogP) is 2.10. The molecule has 2 aliphatic carbocycles. The van der Waals surface area contributed by atoms with Crippen molar-refractivity contribution >= 4 is 11.6 Å². The average molecular weight is 382 g/mol. The van der Waals surface area contributed by atoms with Crippen LogP contribution < -0.4 is 4.90 Å². The van der Waals surface area contributed by atoms with Crippen LogP contribution in [0.1, 0.15) is 18.4 Å². The second-order valence-electron chi connectivity index (χ2n) is 8.87. The van der Waals surface area contributed by atoms with Gasteiger partial charge in [0.2, 0.25) is 0 Å². The molecule has 2 unspecified atom stereocenters. The summed E-state index contributed by atoms with van der Waals surface area (Å²) >= 11 is 0. The summed E-state index contributed by atoms with van der Waals surface area (Å²) in [6.45, 7) is 4.80. The molecule has 1 aromatic carbocycles. The smallest absolute Gasteiger partial charge is 0.293 e. The highest BCUT2D eigenvalue weighted by atomic mass is 16.7. The average Bonchev–Trinajstić information content (AvgIpc) is 3.40. The van der Waals surface area contributed by atoms with E-state index in [-0.39, 0.29) is 11.3 Å². The van der Waals surface area contributed by atoms with Gasteiger partial charge in [0.15, 0.2) is 0 Å². The minimum Gasteiger partial charge on any atom is -0.379 e. The minimum absolute atomic E-state index is 0.0392. The Morgan fingerprint density at radius 3 is 2.57 bits per heavy atom. The molecule has 0 aromatic heterocycles. The lowest BCUT2D eigenvalue weighted by Gasteiger charge is -2.45. The number of hydrogen-bond acceptors (Lipinski definition) is 5. The summed E-state index contributed by atoms with van der Waals surface area (Å²) in [6, 6.07) is 7.91. The lowest BCUT2D eigenvalue weighted by Crippen LogP contribution is -2.55. The third-order valence-electron chi connectivity index (χ3n) is 7.27. The van der Waals surface area contributed by atoms with Crippen LogP contribution in [0.25, 0.3) is 0 Å². The molecule has 0 radical (unpaired) electrons. The molecular weight excluding hydrogens is 356 g/mol. The first-order valence-electron chi connectivity index (χ1n) is 10.4. The molecule has 2 bridgehead atoms. The Balaban J connectivity index is 1.29. The molecule has 1 aromatic rings. The molecule has 2 spiro atoms. The first-order valence-corrected chi connectivity index (χ1v) is 10.4. The van der Waals surface area contributed by atoms with E-state index in [4.69, 9.17) is 14.2 Å². The number of benzene rings is 1. The van der Waals surface area contributed by atoms with Crippen molar-refractivity contribution in [1.82, 2.24) is 4.90 Å². The zero-order valence-corrected chi connectivity index (χ0v) is 16.0. The van der Waals surface area contributed by atoms with E-state index >= 15 is 0 Å². The normalized spacial score (nSPS) is 39.4. The van der Waals surface area contributed by atoms with Gasteiger partial charge in [-0.3, -0.25) is 14.6 Å². The molecule has 6 heteroatoms. The van der Waals surface area contributed by atoms with Crippen molar-refractivity contribution in [2.24, 2.45) is 17.3 Å². The maximum Gasteiger partial charge on any atom is 0.293 e. The number of para-hydroxylation sites is 1. The number of amides is 1. The van der Waals surface area contributed by atoms with Crippen LogP contribution in [0.2, 0.25) is 0 Å². The monoisotopic (exact) mass is 382 g/mol. The Morgan fingerprint density at radius 1 is 1.07 bits per heavy atom. The molecule has 5 aliphatic rings. The summed E-state index contributed by atoms with van der Waals surface area (Å²) in [5.41, 5.74) is 1.79. The molecule has 1 saturated carbocycles. The van der Waals surface area contributed by atoms with E-state index in [1.165, 1.54) is 6.42 Å². The number of ether oxygens (including phenoxy) is 3. The minimum atomic E-state index is -1.28. The molecule has 28 heavy (non-hydrogen) atoms. The van der Waals surface area contributed by atoms with Gasteiger partial charge < -0.3 is 14.2 Å². The molecule has 148 valence electrons. The van der Waals surface area contributed by atoms with Gasteiger partial charge in [-0.25, -0.2) is 0 Å². The summed E-state index contributed by atoms with van der Waals surface area (Å²) in [5, 5.41) is 0. The Kier molecular flexibility index (Phi) is 3.76. The Hall–Kier alpha value is -1.73. The van der Waals surface area contributed by atoms with Crippen molar-refractivity contribution in [3.63, 3.8) is 0 Å². The van der Waals surface area contributed by atoms with Crippen LogP contribution in [0.5, 0.6) is 0 Å². The second-order valence-corrected chi connectivity index (χ2v) is 8.87. The molecule has 2 atom stereocenters. The van der Waals surface area contributed by atoms with Crippen molar-refractivity contribution in [3.05, 3.63) is 42.0 Å². The highest BCUT2D eigenvalue weighted by Crippen LogP contribution is 2.57. The standard InChI is InChI=1S/C22H26N2O4/c25-20-22(27-13-21(14-28-22)12-16-5-6-17(21)11-16)18-3-1-2-4-19(18)24(20)15-23-7-9-26-10-8-23/h1-6,16-17H,7-15H2. The number of allylic oxidation sites excluding steroid dienone is 2. The van der Waals surface area contributed by atoms with E-state index in [1.807, 2.05) is 29.2 Å². The number of morpholine rings is 1. The Bertz CT molecular complexity index is 824. The summed E-state index contributed by atoms with van der Waals surface area (Å²) < 4.78 is 18.2. The van der Waals surface area contributed by atoms with Gasteiger partial charge in [-0.05, 0) is 30.7 Å². The molecule has 3 aliphatic heterocycles. The number of rotatable bonds is 2. The first kappa shape index (κ1) is 17.2. The molecular formula is C22H26N2O4. The van der Waals surface area contributed by atoms with E-state index in [2.05, 4.69) is 17.1 Å². The Labute approximate surface area is 165 Å². The zero-order chi connectivity index (χ0) is 18.8. The van der Waals surface area contributed by atoms with E-state index in [1.54, 1.807) is 0 Å². The van der Waals surface area contributed by atoms with Gasteiger partial charge in [-0.1, -0.05) is 30.4 Å². The van der Waals surface area contributed by atoms with Crippen LogP contribution in [0, 0.1) is 17.3 Å². The maximum absolute atomic E-state index is 13.6. The number of fused-ring (bicyclic) bond motifs is 5. The molecule has 6 rings (SSSR count). The lowest BCUT2D eigenvalue weighted by atomic mass is 9.76. The number of carbonyl (C=O) groups is 1. The van der Waals surface area contributed by atoms with Crippen molar-refractivity contribution in [2.75, 3.05) is 51.1 Å². The van der Waals surface area contributed by atoms with Gasteiger partial charge >= 0.3 is 0 Å². The third-order valence-corrected chi connectivity index (χ3v) is 7.27. The summed E-state index contributed by atoms with van der Waals surface area (Å²) in [4.78, 5) is 17.7. The van der Waals surface area contributed by atoms with Crippen molar-refractivity contribution in [3.8, 4) is 0 Å². The topological polar surface area (TPSA) is 51.2 Å². The second kappa shape index (κ2) is 6.13. The van der Waals surface area contributed by atoms with Gasteiger partial charge in [-0.2, -0.15) is 0 Å². The molecule has 0 N–H and O–H groups in total. The van der Waals surface area contributed by atoms with Crippen LogP contribution in [0.4, 0.5) is 5.69 Å². The zero-order valence-electron chi connectivity index (χ0n) is 16.0. The summed E-state index contributed by atoms with van der Waals surface area (Å²) in [5.74, 6) is -0.199. The van der Waals surface area contributed by atoms with E-state index in [9.17, 15) is 4.79 Å². The van der Waals surface area contributed by atoms with E-state index < -0.39 is 5.79 Å². The lowest BCUT2D eigenvalue weighted by molar-refractivity contribution is -0.295. The maximum atomic E-state index is 13.6. The van der Waals surface area contributed by atoms with Crippen LogP contribution in [-0.2, 0) is 24.8 Å². The van der Waals surface area contributed by atoms with Crippen molar-refractivity contribution in [1.29, 1.82) is 0 Å². The van der Waals surface area contributed by atoms with E-state index in [0.717, 1.165) is 30.8 Å². The SMILES string of the molecule is O=C1N(CN2CCOCC2)c2ccccc2C12OCC1(CO2)CC2C=CC1C2. The van der Waals surface area contributed by atoms with Crippen LogP contribution >= 0.6 is 0 Å². The molecule has 2 saturated heterocycles. The molecule has 1 amide bonds. The number of nitrogens with zero attached hydrogens (tertiary/aromatic N) is 2. The fraction of sp³-hybridized carbons (Fsp3) is 0.591. The predicted molar refractivity (Wildman–Crippen MR) is 103 cm³/mol. The van der Waals surface area contributed by atoms with Crippen LogP contribution in [0.15, 0.2) is 36.4 Å². The number of anilines is 1. The summed E-state index contributed by atoms with van der Waals surface area (Å²) in [7, 11) is 0. The van der Waals surface area contributed by atoms with Gasteiger partial charge in [0.05, 0.1) is 38.8 Å². The summed E-state index contributed by atoms with van der Waals surface area (Å²) in [6.07, 6.45) is 6.97. The van der Waals surface area contributed by atoms with Gasteiger partial charge in [0.25, 0.3) is 11.7 Å².